The largest absolute Gasteiger partial charge is 0.493 e. The first kappa shape index (κ1) is 29.3. The van der Waals surface area contributed by atoms with Gasteiger partial charge in [-0.1, -0.05) is 0 Å². The number of benzene rings is 2. The Kier molecular flexibility index (Phi) is 7.73. The predicted octanol–water partition coefficient (Wildman–Crippen LogP) is 0.414. The summed E-state index contributed by atoms with van der Waals surface area (Å²) < 4.78 is 50.2. The molecule has 0 aromatic heterocycles. The predicted molar refractivity (Wildman–Crippen MR) is 141 cm³/mol. The summed E-state index contributed by atoms with van der Waals surface area (Å²) >= 11 is 0. The highest BCUT2D eigenvalue weighted by Crippen LogP contribution is 2.57. The standard InChI is InChI=1S/C29H32O14/c1-35-17-5-11(6-18(36-2)25(17)37-3)19-12-7-15-16(41-10-40-15)8-13(12)24(14-9-39-27(33)20(14)19)42-29-23(32)21(30)22(31)26(43-29)28(34)38-4/h5-8,14,19-24,26,29-32H,9-10H2,1-4H3/t14?,19-,20+,21+,22+,23-,24?,26+,29?/m1/s1. The van der Waals surface area contributed by atoms with Crippen LogP contribution in [0.2, 0.25) is 0 Å². The Hall–Kier alpha value is -3.82. The van der Waals surface area contributed by atoms with Crippen LogP contribution in [0, 0.1) is 11.8 Å². The first-order valence-corrected chi connectivity index (χ1v) is 13.5. The van der Waals surface area contributed by atoms with Gasteiger partial charge in [-0.05, 0) is 41.0 Å². The summed E-state index contributed by atoms with van der Waals surface area (Å²) in [6, 6.07) is 7.01. The Bertz CT molecular complexity index is 1380. The van der Waals surface area contributed by atoms with Gasteiger partial charge in [0.05, 0.1) is 47.1 Å². The number of cyclic esters (lactones) is 1. The lowest BCUT2D eigenvalue weighted by molar-refractivity contribution is -0.311. The van der Waals surface area contributed by atoms with Gasteiger partial charge in [0.25, 0.3) is 0 Å². The monoisotopic (exact) mass is 604 g/mol. The van der Waals surface area contributed by atoms with Gasteiger partial charge in [0.1, 0.15) is 18.3 Å². The first-order chi connectivity index (χ1) is 20.7. The minimum atomic E-state index is -1.79. The van der Waals surface area contributed by atoms with Crippen molar-refractivity contribution in [1.82, 2.24) is 0 Å². The lowest BCUT2D eigenvalue weighted by atomic mass is 9.66. The van der Waals surface area contributed by atoms with Gasteiger partial charge in [-0.2, -0.15) is 0 Å². The molecule has 14 nitrogen and oxygen atoms in total. The summed E-state index contributed by atoms with van der Waals surface area (Å²) in [5.41, 5.74) is 1.88. The Morgan fingerprint density at radius 3 is 2.09 bits per heavy atom. The first-order valence-electron chi connectivity index (χ1n) is 13.5. The van der Waals surface area contributed by atoms with Crippen LogP contribution in [0.5, 0.6) is 28.7 Å². The maximum atomic E-state index is 13.4. The van der Waals surface area contributed by atoms with E-state index in [4.69, 9.17) is 42.6 Å². The van der Waals surface area contributed by atoms with E-state index in [-0.39, 0.29) is 13.4 Å². The summed E-state index contributed by atoms with van der Waals surface area (Å²) in [6.45, 7) is -0.0414. The molecule has 3 heterocycles. The second-order valence-electron chi connectivity index (χ2n) is 10.6. The summed E-state index contributed by atoms with van der Waals surface area (Å²) in [4.78, 5) is 25.7. The molecule has 232 valence electrons. The van der Waals surface area contributed by atoms with Gasteiger partial charge in [-0.3, -0.25) is 4.79 Å². The third-order valence-corrected chi connectivity index (χ3v) is 8.45. The minimum absolute atomic E-state index is 0.0111. The maximum absolute atomic E-state index is 13.4. The van der Waals surface area contributed by atoms with Crippen LogP contribution in [-0.2, 0) is 28.5 Å². The molecule has 0 radical (unpaired) electrons. The molecule has 43 heavy (non-hydrogen) atoms. The van der Waals surface area contributed by atoms with Gasteiger partial charge < -0.3 is 58.0 Å². The van der Waals surface area contributed by atoms with Crippen molar-refractivity contribution in [3.63, 3.8) is 0 Å². The minimum Gasteiger partial charge on any atom is -0.493 e. The highest BCUT2D eigenvalue weighted by atomic mass is 16.7. The fraction of sp³-hybridized carbons (Fsp3) is 0.517. The molecule has 0 amide bonds. The third-order valence-electron chi connectivity index (χ3n) is 8.45. The quantitative estimate of drug-likeness (QED) is 0.370. The topological polar surface area (TPSA) is 178 Å². The zero-order chi connectivity index (χ0) is 30.6. The Morgan fingerprint density at radius 1 is 0.837 bits per heavy atom. The molecule has 6 rings (SSSR count). The normalized spacial score (nSPS) is 32.3. The second kappa shape index (κ2) is 11.4. The molecule has 4 aliphatic rings. The van der Waals surface area contributed by atoms with Crippen molar-refractivity contribution < 1.29 is 67.5 Å². The number of methoxy groups -OCH3 is 4. The van der Waals surface area contributed by atoms with Crippen LogP contribution >= 0.6 is 0 Å². The van der Waals surface area contributed by atoms with E-state index in [1.165, 1.54) is 21.3 Å². The van der Waals surface area contributed by atoms with Crippen molar-refractivity contribution in [2.24, 2.45) is 11.8 Å². The molecular formula is C29H32O14. The van der Waals surface area contributed by atoms with Gasteiger partial charge in [0, 0.05) is 11.8 Å². The highest BCUT2D eigenvalue weighted by molar-refractivity contribution is 5.79. The Balaban J connectivity index is 1.48. The number of hydrogen-bond donors (Lipinski definition) is 3. The number of ether oxygens (including phenoxy) is 9. The van der Waals surface area contributed by atoms with Crippen LogP contribution < -0.4 is 23.7 Å². The highest BCUT2D eigenvalue weighted by Gasteiger charge is 2.56. The average Bonchev–Trinajstić information content (AvgIpc) is 3.65. The summed E-state index contributed by atoms with van der Waals surface area (Å²) in [6.07, 6.45) is -9.44. The van der Waals surface area contributed by atoms with Crippen molar-refractivity contribution in [2.45, 2.75) is 42.7 Å². The van der Waals surface area contributed by atoms with E-state index in [0.717, 1.165) is 7.11 Å². The van der Waals surface area contributed by atoms with E-state index in [1.54, 1.807) is 24.3 Å². The number of carbonyl (C=O) groups excluding carboxylic acids is 2. The van der Waals surface area contributed by atoms with Crippen molar-refractivity contribution in [2.75, 3.05) is 41.8 Å². The molecule has 9 atom stereocenters. The molecule has 2 aromatic carbocycles. The van der Waals surface area contributed by atoms with E-state index in [9.17, 15) is 24.9 Å². The second-order valence-corrected chi connectivity index (χ2v) is 10.6. The van der Waals surface area contributed by atoms with Crippen LogP contribution in [0.15, 0.2) is 24.3 Å². The number of rotatable bonds is 7. The number of aliphatic hydroxyl groups is 3. The molecule has 2 fully saturated rings. The molecule has 0 saturated carbocycles. The number of hydrogen-bond acceptors (Lipinski definition) is 14. The molecule has 14 heteroatoms. The van der Waals surface area contributed by atoms with E-state index in [2.05, 4.69) is 0 Å². The fourth-order valence-corrected chi connectivity index (χ4v) is 6.38. The van der Waals surface area contributed by atoms with Crippen LogP contribution in [0.1, 0.15) is 28.7 Å². The van der Waals surface area contributed by atoms with Crippen LogP contribution in [0.4, 0.5) is 0 Å². The van der Waals surface area contributed by atoms with Crippen molar-refractivity contribution in [3.05, 3.63) is 41.0 Å². The van der Waals surface area contributed by atoms with Gasteiger partial charge in [-0.25, -0.2) is 4.79 Å². The summed E-state index contributed by atoms with van der Waals surface area (Å²) in [5.74, 6) is -1.37. The van der Waals surface area contributed by atoms with Crippen LogP contribution in [0.3, 0.4) is 0 Å². The number of carbonyl (C=O) groups is 2. The van der Waals surface area contributed by atoms with Crippen LogP contribution in [-0.4, -0.2) is 99.8 Å². The third kappa shape index (κ3) is 4.69. The van der Waals surface area contributed by atoms with Gasteiger partial charge in [0.2, 0.25) is 12.5 Å². The maximum Gasteiger partial charge on any atom is 0.337 e. The smallest absolute Gasteiger partial charge is 0.337 e. The SMILES string of the molecule is COC(=O)[C@H]1OC(OC2c3cc4c(cc3[C@@H](c3cc(OC)c(OC)c(OC)c3)[C@H]3C(=O)OCC23)OCO4)[C@H](O)[C@@H](O)[C@@H]1O. The average molecular weight is 605 g/mol. The zero-order valence-electron chi connectivity index (χ0n) is 23.8. The van der Waals surface area contributed by atoms with E-state index >= 15 is 0 Å². The molecule has 0 spiro atoms. The zero-order valence-corrected chi connectivity index (χ0v) is 23.8. The number of esters is 2. The molecule has 3 N–H and O–H groups in total. The lowest BCUT2D eigenvalue weighted by Crippen LogP contribution is -2.61. The van der Waals surface area contributed by atoms with Crippen molar-refractivity contribution in [3.8, 4) is 28.7 Å². The summed E-state index contributed by atoms with van der Waals surface area (Å²) in [5, 5.41) is 31.7. The van der Waals surface area contributed by atoms with Crippen LogP contribution in [0.25, 0.3) is 0 Å². The molecule has 3 aliphatic heterocycles. The van der Waals surface area contributed by atoms with Gasteiger partial charge in [0.15, 0.2) is 35.4 Å². The number of aliphatic hydroxyl groups excluding tert-OH is 3. The molecule has 2 saturated heterocycles. The van der Waals surface area contributed by atoms with Gasteiger partial charge in [-0.15, -0.1) is 0 Å². The van der Waals surface area contributed by atoms with Crippen molar-refractivity contribution >= 4 is 11.9 Å². The van der Waals surface area contributed by atoms with E-state index < -0.39 is 66.5 Å². The van der Waals surface area contributed by atoms with Crippen molar-refractivity contribution in [1.29, 1.82) is 0 Å². The molecule has 3 unspecified atom stereocenters. The Labute approximate surface area is 245 Å². The number of fused-ring (bicyclic) bond motifs is 3. The van der Waals surface area contributed by atoms with E-state index in [1.807, 2.05) is 0 Å². The molecule has 0 bridgehead atoms. The Morgan fingerprint density at radius 2 is 1.49 bits per heavy atom. The van der Waals surface area contributed by atoms with E-state index in [0.29, 0.717) is 45.4 Å². The molecular weight excluding hydrogens is 572 g/mol. The molecule has 2 aromatic rings. The fourth-order valence-electron chi connectivity index (χ4n) is 6.38. The summed E-state index contributed by atoms with van der Waals surface area (Å²) in [7, 11) is 5.58. The van der Waals surface area contributed by atoms with Gasteiger partial charge >= 0.3 is 11.9 Å². The lowest BCUT2D eigenvalue weighted by Gasteiger charge is -2.44. The molecule has 1 aliphatic carbocycles.